The lowest BCUT2D eigenvalue weighted by Crippen LogP contribution is -2.20. The summed E-state index contributed by atoms with van der Waals surface area (Å²) in [5.74, 6) is 1.79. The van der Waals surface area contributed by atoms with E-state index in [2.05, 4.69) is 15.1 Å². The zero-order valence-corrected chi connectivity index (χ0v) is 14.0. The number of hydrogen-bond donors (Lipinski definition) is 0. The minimum Gasteiger partial charge on any atom is -0.497 e. The Morgan fingerprint density at radius 1 is 1.16 bits per heavy atom. The Hall–Kier alpha value is -3.22. The highest BCUT2D eigenvalue weighted by molar-refractivity contribution is 5.79. The van der Waals surface area contributed by atoms with Crippen molar-refractivity contribution < 1.29 is 4.74 Å². The van der Waals surface area contributed by atoms with Crippen LogP contribution in [-0.4, -0.2) is 31.3 Å². The molecule has 25 heavy (non-hydrogen) atoms. The second kappa shape index (κ2) is 6.01. The highest BCUT2D eigenvalue weighted by atomic mass is 16.5. The minimum atomic E-state index is -0.0600. The van der Waals surface area contributed by atoms with Crippen LogP contribution in [0.4, 0.5) is 0 Å². The van der Waals surface area contributed by atoms with Gasteiger partial charge in [-0.15, -0.1) is 5.10 Å². The van der Waals surface area contributed by atoms with Crippen LogP contribution < -0.4 is 10.3 Å². The summed E-state index contributed by atoms with van der Waals surface area (Å²) in [4.78, 5) is 21.3. The lowest BCUT2D eigenvalue weighted by Gasteiger charge is -2.05. The summed E-state index contributed by atoms with van der Waals surface area (Å²) in [5.41, 5.74) is 1.50. The van der Waals surface area contributed by atoms with Crippen LogP contribution in [0.25, 0.3) is 28.1 Å². The van der Waals surface area contributed by atoms with E-state index in [1.807, 2.05) is 37.3 Å². The summed E-state index contributed by atoms with van der Waals surface area (Å²) in [6.45, 7) is 2.72. The van der Waals surface area contributed by atoms with Gasteiger partial charge >= 0.3 is 0 Å². The van der Waals surface area contributed by atoms with E-state index in [-0.39, 0.29) is 5.56 Å². The van der Waals surface area contributed by atoms with Crippen LogP contribution in [0.1, 0.15) is 13.3 Å². The lowest BCUT2D eigenvalue weighted by molar-refractivity contribution is 0.415. The smallest absolute Gasteiger partial charge is 0.261 e. The number of ether oxygens (including phenoxy) is 1. The van der Waals surface area contributed by atoms with E-state index in [1.54, 1.807) is 28.6 Å². The summed E-state index contributed by atoms with van der Waals surface area (Å²) in [6, 6.07) is 9.38. The minimum absolute atomic E-state index is 0.0600. The molecule has 0 saturated carbocycles. The van der Waals surface area contributed by atoms with Crippen LogP contribution in [0.3, 0.4) is 0 Å². The van der Waals surface area contributed by atoms with Gasteiger partial charge in [-0.05, 0) is 36.8 Å². The average molecular weight is 335 g/mol. The van der Waals surface area contributed by atoms with Crippen LogP contribution in [0.5, 0.6) is 5.75 Å². The second-order valence-electron chi connectivity index (χ2n) is 5.75. The van der Waals surface area contributed by atoms with Gasteiger partial charge in [0.2, 0.25) is 0 Å². The van der Waals surface area contributed by atoms with Gasteiger partial charge in [0.25, 0.3) is 11.3 Å². The van der Waals surface area contributed by atoms with Gasteiger partial charge < -0.3 is 9.30 Å². The maximum absolute atomic E-state index is 12.6. The molecule has 4 rings (SSSR count). The molecule has 0 N–H and O–H groups in total. The van der Waals surface area contributed by atoms with E-state index >= 15 is 0 Å². The van der Waals surface area contributed by atoms with Crippen molar-refractivity contribution in [3.8, 4) is 17.1 Å². The fraction of sp³-hybridized carbons (Fsp3) is 0.222. The van der Waals surface area contributed by atoms with E-state index in [0.29, 0.717) is 29.0 Å². The number of aryl methyl sites for hydroxylation is 1. The first-order valence-corrected chi connectivity index (χ1v) is 8.10. The first-order chi connectivity index (χ1) is 12.2. The van der Waals surface area contributed by atoms with Crippen molar-refractivity contribution >= 4 is 16.7 Å². The predicted molar refractivity (Wildman–Crippen MR) is 94.8 cm³/mol. The molecule has 0 saturated heterocycles. The fourth-order valence-corrected chi connectivity index (χ4v) is 2.84. The number of nitrogens with zero attached hydrogens (tertiary/aromatic N) is 5. The Labute approximate surface area is 143 Å². The molecule has 1 aromatic carbocycles. The summed E-state index contributed by atoms with van der Waals surface area (Å²) in [6.07, 6.45) is 4.26. The van der Waals surface area contributed by atoms with Gasteiger partial charge in [0.1, 0.15) is 5.75 Å². The Balaban J connectivity index is 1.88. The highest BCUT2D eigenvalue weighted by Crippen LogP contribution is 2.21. The third kappa shape index (κ3) is 2.53. The van der Waals surface area contributed by atoms with Gasteiger partial charge in [0.15, 0.2) is 5.82 Å². The van der Waals surface area contributed by atoms with Crippen molar-refractivity contribution in [3.05, 3.63) is 53.1 Å². The molecule has 0 atom stereocenters. The van der Waals surface area contributed by atoms with Crippen molar-refractivity contribution in [1.29, 1.82) is 0 Å². The maximum Gasteiger partial charge on any atom is 0.261 e. The Morgan fingerprint density at radius 3 is 2.68 bits per heavy atom. The van der Waals surface area contributed by atoms with Gasteiger partial charge in [-0.1, -0.05) is 6.92 Å². The molecule has 0 bridgehead atoms. The van der Waals surface area contributed by atoms with Gasteiger partial charge in [-0.2, -0.15) is 9.50 Å². The standard InChI is InChI=1S/C18H17N5O2/c1-3-9-22-10-8-15-14(17(22)24)11-19-18-20-16(21-23(15)18)12-4-6-13(25-2)7-5-12/h4-8,10-11H,3,9H2,1-2H3. The van der Waals surface area contributed by atoms with Crippen molar-refractivity contribution in [1.82, 2.24) is 24.1 Å². The third-order valence-electron chi connectivity index (χ3n) is 4.12. The summed E-state index contributed by atoms with van der Waals surface area (Å²) >= 11 is 0. The molecular formula is C18H17N5O2. The number of fused-ring (bicyclic) bond motifs is 3. The van der Waals surface area contributed by atoms with E-state index in [4.69, 9.17) is 4.74 Å². The van der Waals surface area contributed by atoms with Gasteiger partial charge in [-0.25, -0.2) is 4.98 Å². The molecule has 126 valence electrons. The van der Waals surface area contributed by atoms with E-state index in [0.717, 1.165) is 17.7 Å². The highest BCUT2D eigenvalue weighted by Gasteiger charge is 2.12. The maximum atomic E-state index is 12.6. The molecule has 0 fully saturated rings. The zero-order chi connectivity index (χ0) is 17.4. The van der Waals surface area contributed by atoms with Gasteiger partial charge in [-0.3, -0.25) is 4.79 Å². The molecule has 7 nitrogen and oxygen atoms in total. The SMILES string of the molecule is CCCn1ccc2c(cnc3nc(-c4ccc(OC)cc4)nn32)c1=O. The molecule has 0 unspecified atom stereocenters. The number of rotatable bonds is 4. The number of benzene rings is 1. The summed E-state index contributed by atoms with van der Waals surface area (Å²) in [7, 11) is 1.62. The molecular weight excluding hydrogens is 318 g/mol. The molecule has 0 aliphatic heterocycles. The van der Waals surface area contributed by atoms with Crippen LogP contribution in [-0.2, 0) is 6.54 Å². The Morgan fingerprint density at radius 2 is 1.96 bits per heavy atom. The van der Waals surface area contributed by atoms with Crippen molar-refractivity contribution in [3.63, 3.8) is 0 Å². The average Bonchev–Trinajstić information content (AvgIpc) is 3.09. The zero-order valence-electron chi connectivity index (χ0n) is 14.0. The van der Waals surface area contributed by atoms with Gasteiger partial charge in [0, 0.05) is 24.5 Å². The molecule has 4 aromatic rings. The molecule has 3 aromatic heterocycles. The van der Waals surface area contributed by atoms with Crippen molar-refractivity contribution in [2.24, 2.45) is 0 Å². The monoisotopic (exact) mass is 335 g/mol. The number of pyridine rings is 1. The summed E-state index contributed by atoms with van der Waals surface area (Å²) < 4.78 is 8.48. The van der Waals surface area contributed by atoms with E-state index in [9.17, 15) is 4.79 Å². The molecule has 3 heterocycles. The molecule has 0 radical (unpaired) electrons. The lowest BCUT2D eigenvalue weighted by atomic mass is 10.2. The van der Waals surface area contributed by atoms with Crippen molar-refractivity contribution in [2.75, 3.05) is 7.11 Å². The third-order valence-corrected chi connectivity index (χ3v) is 4.12. The van der Waals surface area contributed by atoms with Crippen LogP contribution in [0, 0.1) is 0 Å². The number of aromatic nitrogens is 5. The van der Waals surface area contributed by atoms with Crippen LogP contribution >= 0.6 is 0 Å². The molecule has 0 aliphatic carbocycles. The van der Waals surface area contributed by atoms with Gasteiger partial charge in [0.05, 0.1) is 18.0 Å². The molecule has 0 aliphatic rings. The second-order valence-corrected chi connectivity index (χ2v) is 5.75. The predicted octanol–water partition coefficient (Wildman–Crippen LogP) is 2.52. The number of hydrogen-bond acceptors (Lipinski definition) is 5. The summed E-state index contributed by atoms with van der Waals surface area (Å²) in [5, 5.41) is 5.07. The Bertz CT molecular complexity index is 1110. The van der Waals surface area contributed by atoms with Crippen LogP contribution in [0.15, 0.2) is 47.5 Å². The quantitative estimate of drug-likeness (QED) is 0.573. The first-order valence-electron chi connectivity index (χ1n) is 8.10. The number of methoxy groups -OCH3 is 1. The molecule has 0 spiro atoms. The first kappa shape index (κ1) is 15.3. The molecule has 7 heteroatoms. The van der Waals surface area contributed by atoms with E-state index in [1.165, 1.54) is 0 Å². The topological polar surface area (TPSA) is 74.3 Å². The normalized spacial score (nSPS) is 11.3. The molecule has 0 amide bonds. The fourth-order valence-electron chi connectivity index (χ4n) is 2.84. The largest absolute Gasteiger partial charge is 0.497 e. The van der Waals surface area contributed by atoms with Crippen molar-refractivity contribution in [2.45, 2.75) is 19.9 Å². The Kier molecular flexibility index (Phi) is 3.68. The van der Waals surface area contributed by atoms with E-state index < -0.39 is 0 Å². The van der Waals surface area contributed by atoms with Crippen LogP contribution in [0.2, 0.25) is 0 Å².